The molecule has 0 radical (unpaired) electrons. The number of morpholine rings is 1. The SMILES string of the molecule is CNC(=O)[C@@H](Cc1ccccc1)N(Cc1ccccc1)C(=O)COc1ccc(S(=O)(=O)N2CCOCC2)cc1. The van der Waals surface area contributed by atoms with Gasteiger partial charge in [0, 0.05) is 33.1 Å². The van der Waals surface area contributed by atoms with Crippen molar-refractivity contribution in [1.29, 1.82) is 0 Å². The molecular formula is C29H33N3O6S. The Kier molecular flexibility index (Phi) is 9.69. The van der Waals surface area contributed by atoms with Crippen molar-refractivity contribution in [1.82, 2.24) is 14.5 Å². The molecule has 4 rings (SSSR count). The lowest BCUT2D eigenvalue weighted by molar-refractivity contribution is -0.142. The first-order valence-electron chi connectivity index (χ1n) is 12.8. The summed E-state index contributed by atoms with van der Waals surface area (Å²) in [5.74, 6) is -0.294. The Balaban J connectivity index is 1.50. The molecular weight excluding hydrogens is 518 g/mol. The fourth-order valence-electron chi connectivity index (χ4n) is 4.37. The molecule has 1 aliphatic rings. The van der Waals surface area contributed by atoms with Crippen molar-refractivity contribution in [3.63, 3.8) is 0 Å². The third-order valence-electron chi connectivity index (χ3n) is 6.51. The minimum Gasteiger partial charge on any atom is -0.484 e. The zero-order chi connectivity index (χ0) is 27.7. The first kappa shape index (κ1) is 28.3. The van der Waals surface area contributed by atoms with Gasteiger partial charge < -0.3 is 19.7 Å². The molecule has 9 nitrogen and oxygen atoms in total. The van der Waals surface area contributed by atoms with E-state index in [0.717, 1.165) is 11.1 Å². The Morgan fingerprint density at radius 1 is 0.923 bits per heavy atom. The van der Waals surface area contributed by atoms with Crippen LogP contribution in [0.4, 0.5) is 0 Å². The van der Waals surface area contributed by atoms with Gasteiger partial charge >= 0.3 is 0 Å². The van der Waals surface area contributed by atoms with Crippen LogP contribution in [-0.4, -0.2) is 75.4 Å². The molecule has 1 saturated heterocycles. The topological polar surface area (TPSA) is 105 Å². The van der Waals surface area contributed by atoms with Crippen LogP contribution in [0, 0.1) is 0 Å². The van der Waals surface area contributed by atoms with E-state index in [1.807, 2.05) is 60.7 Å². The van der Waals surface area contributed by atoms with E-state index >= 15 is 0 Å². The highest BCUT2D eigenvalue weighted by Crippen LogP contribution is 2.21. The number of ether oxygens (including phenoxy) is 2. The lowest BCUT2D eigenvalue weighted by Crippen LogP contribution is -2.51. The maximum Gasteiger partial charge on any atom is 0.261 e. The molecule has 0 aromatic heterocycles. The third kappa shape index (κ3) is 7.44. The zero-order valence-corrected chi connectivity index (χ0v) is 22.7. The number of nitrogens with zero attached hydrogens (tertiary/aromatic N) is 2. The predicted molar refractivity (Wildman–Crippen MR) is 147 cm³/mol. The Bertz CT molecular complexity index is 1330. The van der Waals surface area contributed by atoms with Crippen LogP contribution >= 0.6 is 0 Å². The van der Waals surface area contributed by atoms with Crippen molar-refractivity contribution in [3.8, 4) is 5.75 Å². The van der Waals surface area contributed by atoms with Gasteiger partial charge in [0.2, 0.25) is 15.9 Å². The summed E-state index contributed by atoms with van der Waals surface area (Å²) in [6, 6.07) is 24.2. The van der Waals surface area contributed by atoms with Crippen molar-refractivity contribution in [2.75, 3.05) is 40.0 Å². The lowest BCUT2D eigenvalue weighted by Gasteiger charge is -2.31. The van der Waals surface area contributed by atoms with Crippen LogP contribution in [0.2, 0.25) is 0 Å². The molecule has 1 N–H and O–H groups in total. The van der Waals surface area contributed by atoms with Crippen LogP contribution in [0.25, 0.3) is 0 Å². The summed E-state index contributed by atoms with van der Waals surface area (Å²) in [5.41, 5.74) is 1.81. The van der Waals surface area contributed by atoms with E-state index in [2.05, 4.69) is 5.32 Å². The molecule has 2 amide bonds. The number of hydrogen-bond donors (Lipinski definition) is 1. The van der Waals surface area contributed by atoms with Gasteiger partial charge in [-0.05, 0) is 35.4 Å². The van der Waals surface area contributed by atoms with E-state index in [9.17, 15) is 18.0 Å². The number of likely N-dealkylation sites (N-methyl/N-ethyl adjacent to an activating group) is 1. The smallest absolute Gasteiger partial charge is 0.261 e. The van der Waals surface area contributed by atoms with Gasteiger partial charge in [-0.15, -0.1) is 0 Å². The third-order valence-corrected chi connectivity index (χ3v) is 8.42. The van der Waals surface area contributed by atoms with Crippen LogP contribution < -0.4 is 10.1 Å². The van der Waals surface area contributed by atoms with Gasteiger partial charge in [0.25, 0.3) is 5.91 Å². The second-order valence-electron chi connectivity index (χ2n) is 9.10. The minimum absolute atomic E-state index is 0.149. The number of carbonyl (C=O) groups excluding carboxylic acids is 2. The van der Waals surface area contributed by atoms with Gasteiger partial charge in [-0.2, -0.15) is 4.31 Å². The van der Waals surface area contributed by atoms with Crippen LogP contribution in [0.15, 0.2) is 89.8 Å². The largest absolute Gasteiger partial charge is 0.484 e. The Hall–Kier alpha value is -3.73. The van der Waals surface area contributed by atoms with Crippen molar-refractivity contribution in [2.24, 2.45) is 0 Å². The molecule has 39 heavy (non-hydrogen) atoms. The van der Waals surface area contributed by atoms with E-state index in [0.29, 0.717) is 38.5 Å². The normalized spacial score (nSPS) is 14.8. The average Bonchev–Trinajstić information content (AvgIpc) is 2.99. The fraction of sp³-hybridized carbons (Fsp3) is 0.310. The molecule has 3 aromatic rings. The average molecular weight is 552 g/mol. The molecule has 3 aromatic carbocycles. The van der Waals surface area contributed by atoms with Crippen molar-refractivity contribution >= 4 is 21.8 Å². The monoisotopic (exact) mass is 551 g/mol. The summed E-state index contributed by atoms with van der Waals surface area (Å²) in [4.78, 5) is 28.2. The Morgan fingerprint density at radius 3 is 2.10 bits per heavy atom. The van der Waals surface area contributed by atoms with Crippen molar-refractivity contribution < 1.29 is 27.5 Å². The molecule has 0 spiro atoms. The molecule has 10 heteroatoms. The quantitative estimate of drug-likeness (QED) is 0.393. The maximum atomic E-state index is 13.5. The van der Waals surface area contributed by atoms with Crippen LogP contribution in [0.3, 0.4) is 0 Å². The molecule has 1 aliphatic heterocycles. The zero-order valence-electron chi connectivity index (χ0n) is 21.9. The van der Waals surface area contributed by atoms with E-state index in [1.165, 1.54) is 33.5 Å². The molecule has 1 fully saturated rings. The summed E-state index contributed by atoms with van der Waals surface area (Å²) in [7, 11) is -2.08. The standard InChI is InChI=1S/C29H33N3O6S/c1-30-29(34)27(20-23-8-4-2-5-9-23)32(21-24-10-6-3-7-11-24)28(33)22-38-25-12-14-26(15-13-25)39(35,36)31-16-18-37-19-17-31/h2-15,27H,16-22H2,1H3,(H,30,34)/t27-/m1/s1. The van der Waals surface area contributed by atoms with Gasteiger partial charge in [-0.25, -0.2) is 8.42 Å². The molecule has 1 atom stereocenters. The summed E-state index contributed by atoms with van der Waals surface area (Å²) >= 11 is 0. The van der Waals surface area contributed by atoms with Gasteiger partial charge in [-0.3, -0.25) is 9.59 Å². The molecule has 1 heterocycles. The second kappa shape index (κ2) is 13.4. The fourth-order valence-corrected chi connectivity index (χ4v) is 5.78. The number of benzene rings is 3. The molecule has 0 saturated carbocycles. The van der Waals surface area contributed by atoms with Gasteiger partial charge in [-0.1, -0.05) is 60.7 Å². The molecule has 0 unspecified atom stereocenters. The van der Waals surface area contributed by atoms with E-state index in [1.54, 1.807) is 7.05 Å². The number of hydrogen-bond acceptors (Lipinski definition) is 6. The predicted octanol–water partition coefficient (Wildman–Crippen LogP) is 2.47. The van der Waals surface area contributed by atoms with Crippen molar-refractivity contribution in [2.45, 2.75) is 23.9 Å². The lowest BCUT2D eigenvalue weighted by atomic mass is 10.0. The second-order valence-corrected chi connectivity index (χ2v) is 11.0. The van der Waals surface area contributed by atoms with Crippen LogP contribution in [0.5, 0.6) is 5.75 Å². The molecule has 0 aliphatic carbocycles. The summed E-state index contributed by atoms with van der Waals surface area (Å²) in [6.07, 6.45) is 0.340. The van der Waals surface area contributed by atoms with Gasteiger partial charge in [0.1, 0.15) is 11.8 Å². The highest BCUT2D eigenvalue weighted by atomic mass is 32.2. The van der Waals surface area contributed by atoms with E-state index in [4.69, 9.17) is 9.47 Å². The summed E-state index contributed by atoms with van der Waals surface area (Å²) < 4.78 is 38.2. The van der Waals surface area contributed by atoms with Gasteiger partial charge in [0.05, 0.1) is 18.1 Å². The molecule has 206 valence electrons. The highest BCUT2D eigenvalue weighted by Gasteiger charge is 2.30. The van der Waals surface area contributed by atoms with Crippen LogP contribution in [0.1, 0.15) is 11.1 Å². The summed E-state index contributed by atoms with van der Waals surface area (Å²) in [6.45, 7) is 1.26. The highest BCUT2D eigenvalue weighted by molar-refractivity contribution is 7.89. The minimum atomic E-state index is -3.63. The first-order valence-corrected chi connectivity index (χ1v) is 14.2. The first-order chi connectivity index (χ1) is 18.9. The number of nitrogens with one attached hydrogen (secondary N) is 1. The summed E-state index contributed by atoms with van der Waals surface area (Å²) in [5, 5.41) is 2.69. The number of rotatable bonds is 11. The Labute approximate surface area is 229 Å². The van der Waals surface area contributed by atoms with Crippen LogP contribution in [-0.2, 0) is 37.3 Å². The number of carbonyl (C=O) groups is 2. The Morgan fingerprint density at radius 2 is 1.51 bits per heavy atom. The molecule has 0 bridgehead atoms. The van der Waals surface area contributed by atoms with Gasteiger partial charge in [0.15, 0.2) is 6.61 Å². The van der Waals surface area contributed by atoms with Crippen molar-refractivity contribution in [3.05, 3.63) is 96.1 Å². The maximum absolute atomic E-state index is 13.5. The van der Waals surface area contributed by atoms with E-state index in [-0.39, 0.29) is 29.9 Å². The van der Waals surface area contributed by atoms with E-state index < -0.39 is 16.1 Å². The number of sulfonamides is 1. The number of amides is 2.